The Bertz CT molecular complexity index is 314. The van der Waals surface area contributed by atoms with Gasteiger partial charge >= 0.3 is 0 Å². The summed E-state index contributed by atoms with van der Waals surface area (Å²) in [5.74, 6) is 2.03. The van der Waals surface area contributed by atoms with Crippen molar-refractivity contribution >= 4 is 30.3 Å². The third-order valence-electron chi connectivity index (χ3n) is 2.47. The van der Waals surface area contributed by atoms with E-state index in [1.165, 1.54) is 17.7 Å². The quantitative estimate of drug-likeness (QED) is 0.622. The van der Waals surface area contributed by atoms with Gasteiger partial charge in [0.15, 0.2) is 0 Å². The molecular formula is C11H15NS2. The summed E-state index contributed by atoms with van der Waals surface area (Å²) in [4.78, 5) is 0. The Morgan fingerprint density at radius 1 is 1.50 bits per heavy atom. The first kappa shape index (κ1) is 10.2. The minimum atomic E-state index is 0.622. The van der Waals surface area contributed by atoms with Crippen molar-refractivity contribution in [3.8, 4) is 0 Å². The third kappa shape index (κ3) is 1.89. The minimum Gasteiger partial charge on any atom is -0.313 e. The molecule has 14 heavy (non-hydrogen) atoms. The van der Waals surface area contributed by atoms with E-state index in [1.54, 1.807) is 0 Å². The third-order valence-corrected chi connectivity index (χ3v) is 4.21. The van der Waals surface area contributed by atoms with E-state index in [0.717, 1.165) is 11.5 Å². The molecule has 0 N–H and O–H groups in total. The molecule has 1 unspecified atom stereocenters. The van der Waals surface area contributed by atoms with Crippen LogP contribution in [-0.4, -0.2) is 17.5 Å². The van der Waals surface area contributed by atoms with Crippen LogP contribution in [-0.2, 0) is 6.42 Å². The molecule has 0 saturated heterocycles. The molecule has 0 bridgehead atoms. The van der Waals surface area contributed by atoms with E-state index >= 15 is 0 Å². The Morgan fingerprint density at radius 3 is 3.07 bits per heavy atom. The molecule has 0 aliphatic carbocycles. The molecule has 0 fully saturated rings. The first-order chi connectivity index (χ1) is 6.83. The second-order valence-corrected chi connectivity index (χ2v) is 5.07. The Hall–Kier alpha value is -0.280. The van der Waals surface area contributed by atoms with E-state index in [-0.39, 0.29) is 0 Å². The van der Waals surface area contributed by atoms with Gasteiger partial charge in [0.25, 0.3) is 0 Å². The zero-order valence-corrected chi connectivity index (χ0v) is 10.0. The average molecular weight is 225 g/mol. The first-order valence-corrected chi connectivity index (χ1v) is 6.51. The zero-order chi connectivity index (χ0) is 9.97. The van der Waals surface area contributed by atoms with Crippen LogP contribution in [0.25, 0.3) is 0 Å². The molecule has 3 heteroatoms. The SMILES string of the molecule is CC1Cc2ccccc2N1SCCS. The summed E-state index contributed by atoms with van der Waals surface area (Å²) in [6.45, 7) is 2.28. The minimum absolute atomic E-state index is 0.622. The molecule has 1 aromatic rings. The van der Waals surface area contributed by atoms with Gasteiger partial charge in [0, 0.05) is 17.5 Å². The molecule has 0 aromatic heterocycles. The largest absolute Gasteiger partial charge is 0.313 e. The second-order valence-electron chi connectivity index (χ2n) is 3.56. The number of fused-ring (bicyclic) bond motifs is 1. The zero-order valence-electron chi connectivity index (χ0n) is 8.31. The summed E-state index contributed by atoms with van der Waals surface area (Å²) in [5, 5.41) is 0. The number of hydrogen-bond acceptors (Lipinski definition) is 3. The van der Waals surface area contributed by atoms with Gasteiger partial charge in [-0.25, -0.2) is 0 Å². The lowest BCUT2D eigenvalue weighted by Crippen LogP contribution is -2.22. The summed E-state index contributed by atoms with van der Waals surface area (Å²) in [6, 6.07) is 9.30. The van der Waals surface area contributed by atoms with Crippen molar-refractivity contribution in [2.24, 2.45) is 0 Å². The molecule has 1 atom stereocenters. The lowest BCUT2D eigenvalue weighted by Gasteiger charge is -2.22. The molecule has 0 saturated carbocycles. The van der Waals surface area contributed by atoms with Gasteiger partial charge in [-0.2, -0.15) is 12.6 Å². The highest BCUT2D eigenvalue weighted by Gasteiger charge is 2.25. The maximum absolute atomic E-state index is 4.25. The molecule has 76 valence electrons. The highest BCUT2D eigenvalue weighted by Crippen LogP contribution is 2.36. The van der Waals surface area contributed by atoms with Crippen LogP contribution < -0.4 is 4.31 Å². The van der Waals surface area contributed by atoms with Gasteiger partial charge in [0.05, 0.1) is 5.69 Å². The maximum atomic E-state index is 4.25. The predicted octanol–water partition coefficient (Wildman–Crippen LogP) is 3.02. The van der Waals surface area contributed by atoms with Crippen molar-refractivity contribution in [2.75, 3.05) is 15.8 Å². The molecular weight excluding hydrogens is 210 g/mol. The Kier molecular flexibility index (Phi) is 3.29. The van der Waals surface area contributed by atoms with Crippen molar-refractivity contribution < 1.29 is 0 Å². The van der Waals surface area contributed by atoms with Crippen molar-refractivity contribution in [1.82, 2.24) is 0 Å². The van der Waals surface area contributed by atoms with Gasteiger partial charge in [-0.15, -0.1) is 0 Å². The van der Waals surface area contributed by atoms with Crippen molar-refractivity contribution in [2.45, 2.75) is 19.4 Å². The van der Waals surface area contributed by atoms with E-state index in [1.807, 2.05) is 11.9 Å². The molecule has 1 heterocycles. The fraction of sp³-hybridized carbons (Fsp3) is 0.455. The van der Waals surface area contributed by atoms with Crippen LogP contribution >= 0.6 is 24.6 Å². The van der Waals surface area contributed by atoms with E-state index in [0.29, 0.717) is 6.04 Å². The standard InChI is InChI=1S/C11H15NS2/c1-9-8-10-4-2-3-5-11(10)12(9)14-7-6-13/h2-5,9,13H,6-8H2,1H3. The van der Waals surface area contributed by atoms with Gasteiger partial charge in [-0.3, -0.25) is 0 Å². The molecule has 0 radical (unpaired) electrons. The lowest BCUT2D eigenvalue weighted by atomic mass is 10.1. The number of thiol groups is 1. The summed E-state index contributed by atoms with van der Waals surface area (Å²) in [7, 11) is 0. The van der Waals surface area contributed by atoms with Gasteiger partial charge in [-0.05, 0) is 36.9 Å². The number of anilines is 1. The Morgan fingerprint density at radius 2 is 2.29 bits per heavy atom. The Labute approximate surface area is 95.4 Å². The van der Waals surface area contributed by atoms with Gasteiger partial charge in [0.2, 0.25) is 0 Å². The monoisotopic (exact) mass is 225 g/mol. The summed E-state index contributed by atoms with van der Waals surface area (Å²) < 4.78 is 2.42. The molecule has 0 amide bonds. The fourth-order valence-electron chi connectivity index (χ4n) is 1.87. The number of nitrogens with zero attached hydrogens (tertiary/aromatic N) is 1. The van der Waals surface area contributed by atoms with Crippen molar-refractivity contribution in [1.29, 1.82) is 0 Å². The van der Waals surface area contributed by atoms with Crippen LogP contribution in [0.4, 0.5) is 5.69 Å². The highest BCUT2D eigenvalue weighted by atomic mass is 32.2. The van der Waals surface area contributed by atoms with Crippen LogP contribution in [0.3, 0.4) is 0 Å². The van der Waals surface area contributed by atoms with Gasteiger partial charge in [0.1, 0.15) is 0 Å². The highest BCUT2D eigenvalue weighted by molar-refractivity contribution is 8.01. The van der Waals surface area contributed by atoms with E-state index < -0.39 is 0 Å². The van der Waals surface area contributed by atoms with E-state index in [4.69, 9.17) is 0 Å². The van der Waals surface area contributed by atoms with Gasteiger partial charge in [-0.1, -0.05) is 18.2 Å². The topological polar surface area (TPSA) is 3.24 Å². The number of para-hydroxylation sites is 1. The Balaban J connectivity index is 2.17. The molecule has 1 nitrogen and oxygen atoms in total. The number of hydrogen-bond donors (Lipinski definition) is 1. The normalized spacial score (nSPS) is 19.9. The van der Waals surface area contributed by atoms with Crippen molar-refractivity contribution in [3.63, 3.8) is 0 Å². The number of benzene rings is 1. The maximum Gasteiger partial charge on any atom is 0.0505 e. The van der Waals surface area contributed by atoms with Crippen LogP contribution in [0.5, 0.6) is 0 Å². The molecule has 1 aliphatic rings. The summed E-state index contributed by atoms with van der Waals surface area (Å²) in [6.07, 6.45) is 1.18. The lowest BCUT2D eigenvalue weighted by molar-refractivity contribution is 0.794. The van der Waals surface area contributed by atoms with Crippen LogP contribution in [0.2, 0.25) is 0 Å². The second kappa shape index (κ2) is 4.49. The van der Waals surface area contributed by atoms with Gasteiger partial charge < -0.3 is 4.31 Å². The van der Waals surface area contributed by atoms with Crippen molar-refractivity contribution in [3.05, 3.63) is 29.8 Å². The first-order valence-electron chi connectivity index (χ1n) is 4.94. The van der Waals surface area contributed by atoms with Crippen LogP contribution in [0.15, 0.2) is 24.3 Å². The molecule has 2 rings (SSSR count). The van der Waals surface area contributed by atoms with E-state index in [2.05, 4.69) is 48.1 Å². The predicted molar refractivity (Wildman–Crippen MR) is 68.4 cm³/mol. The van der Waals surface area contributed by atoms with Crippen LogP contribution in [0, 0.1) is 0 Å². The smallest absolute Gasteiger partial charge is 0.0505 e. The van der Waals surface area contributed by atoms with Crippen LogP contribution in [0.1, 0.15) is 12.5 Å². The summed E-state index contributed by atoms with van der Waals surface area (Å²) >= 11 is 6.14. The number of rotatable bonds is 3. The average Bonchev–Trinajstić information content (AvgIpc) is 2.51. The molecule has 1 aliphatic heterocycles. The molecule has 0 spiro atoms. The van der Waals surface area contributed by atoms with E-state index in [9.17, 15) is 0 Å². The summed E-state index contributed by atoms with van der Waals surface area (Å²) in [5.41, 5.74) is 2.87. The fourth-order valence-corrected chi connectivity index (χ4v) is 3.04. The molecule has 1 aromatic carbocycles.